The minimum atomic E-state index is 0. The fraction of sp³-hybridized carbons (Fsp3) is 0.692. The van der Waals surface area contributed by atoms with Crippen LogP contribution in [0.5, 0.6) is 0 Å². The molecular weight excluding hydrogens is 287 g/mol. The van der Waals surface area contributed by atoms with E-state index in [9.17, 15) is 0 Å². The van der Waals surface area contributed by atoms with Gasteiger partial charge >= 0.3 is 0 Å². The molecule has 0 bridgehead atoms. The first kappa shape index (κ1) is 18.2. The number of halogens is 2. The molecule has 18 heavy (non-hydrogen) atoms. The van der Waals surface area contributed by atoms with E-state index in [1.54, 1.807) is 0 Å². The van der Waals surface area contributed by atoms with Crippen LogP contribution in [0.2, 0.25) is 0 Å². The molecule has 0 aliphatic carbocycles. The minimum Gasteiger partial charge on any atom is -0.310 e. The first-order chi connectivity index (χ1) is 7.79. The fourth-order valence-electron chi connectivity index (χ4n) is 2.48. The lowest BCUT2D eigenvalue weighted by Gasteiger charge is -2.22. The second-order valence-corrected chi connectivity index (χ2v) is 5.94. The lowest BCUT2D eigenvalue weighted by Crippen LogP contribution is -2.37. The van der Waals surface area contributed by atoms with E-state index < -0.39 is 0 Å². The van der Waals surface area contributed by atoms with Gasteiger partial charge in [-0.25, -0.2) is 0 Å². The van der Waals surface area contributed by atoms with Crippen LogP contribution in [-0.4, -0.2) is 30.6 Å². The van der Waals surface area contributed by atoms with Crippen LogP contribution in [0.3, 0.4) is 0 Å². The monoisotopic (exact) mass is 310 g/mol. The number of nitrogens with one attached hydrogen (secondary N) is 1. The van der Waals surface area contributed by atoms with Crippen molar-refractivity contribution in [3.63, 3.8) is 0 Å². The molecule has 1 fully saturated rings. The SMILES string of the molecule is CCN1CCCC1CNCc1ccc(C)s1.Cl.Cl. The van der Waals surface area contributed by atoms with Gasteiger partial charge in [0.05, 0.1) is 0 Å². The standard InChI is InChI=1S/C13H22N2S.2ClH/c1-3-15-8-4-5-12(15)9-14-10-13-7-6-11(2)16-13;;/h6-7,12,14H,3-5,8-10H2,1-2H3;2*1H. The van der Waals surface area contributed by atoms with Crippen molar-refractivity contribution in [3.8, 4) is 0 Å². The van der Waals surface area contributed by atoms with Crippen LogP contribution in [0.15, 0.2) is 12.1 Å². The summed E-state index contributed by atoms with van der Waals surface area (Å²) >= 11 is 1.90. The molecule has 1 aromatic heterocycles. The first-order valence-electron chi connectivity index (χ1n) is 6.29. The van der Waals surface area contributed by atoms with Crippen LogP contribution in [0, 0.1) is 6.92 Å². The maximum Gasteiger partial charge on any atom is 0.0300 e. The second kappa shape index (κ2) is 9.16. The van der Waals surface area contributed by atoms with Gasteiger partial charge in [0.1, 0.15) is 0 Å². The van der Waals surface area contributed by atoms with Gasteiger partial charge in [-0.2, -0.15) is 0 Å². The zero-order valence-corrected chi connectivity index (χ0v) is 13.6. The van der Waals surface area contributed by atoms with E-state index in [1.807, 2.05) is 11.3 Å². The summed E-state index contributed by atoms with van der Waals surface area (Å²) < 4.78 is 0. The zero-order chi connectivity index (χ0) is 11.4. The van der Waals surface area contributed by atoms with Gasteiger partial charge in [0, 0.05) is 28.9 Å². The number of thiophene rings is 1. The van der Waals surface area contributed by atoms with Crippen molar-refractivity contribution in [3.05, 3.63) is 21.9 Å². The van der Waals surface area contributed by atoms with Gasteiger partial charge in [0.15, 0.2) is 0 Å². The Bertz CT molecular complexity index is 331. The topological polar surface area (TPSA) is 15.3 Å². The summed E-state index contributed by atoms with van der Waals surface area (Å²) in [5.74, 6) is 0. The molecule has 1 aromatic rings. The Morgan fingerprint density at radius 2 is 2.17 bits per heavy atom. The molecule has 1 atom stereocenters. The molecule has 0 saturated carbocycles. The molecule has 1 aliphatic rings. The van der Waals surface area contributed by atoms with Crippen molar-refractivity contribution in [2.75, 3.05) is 19.6 Å². The summed E-state index contributed by atoms with van der Waals surface area (Å²) in [5.41, 5.74) is 0. The molecule has 0 radical (unpaired) electrons. The number of aryl methyl sites for hydroxylation is 1. The van der Waals surface area contributed by atoms with Crippen molar-refractivity contribution < 1.29 is 0 Å². The summed E-state index contributed by atoms with van der Waals surface area (Å²) in [5, 5.41) is 3.59. The van der Waals surface area contributed by atoms with Crippen molar-refractivity contribution >= 4 is 36.2 Å². The summed E-state index contributed by atoms with van der Waals surface area (Å²) in [6, 6.07) is 5.21. The van der Waals surface area contributed by atoms with Gasteiger partial charge in [-0.15, -0.1) is 36.2 Å². The average Bonchev–Trinajstić information content (AvgIpc) is 2.87. The maximum atomic E-state index is 3.59. The van der Waals surface area contributed by atoms with E-state index in [-0.39, 0.29) is 24.8 Å². The van der Waals surface area contributed by atoms with Gasteiger partial charge in [0.25, 0.3) is 0 Å². The molecule has 1 N–H and O–H groups in total. The Balaban J connectivity index is 0.00000144. The summed E-state index contributed by atoms with van der Waals surface area (Å²) in [6.07, 6.45) is 2.74. The average molecular weight is 311 g/mol. The Labute approximate surface area is 127 Å². The van der Waals surface area contributed by atoms with E-state index in [1.165, 1.54) is 35.7 Å². The predicted molar refractivity (Wildman–Crippen MR) is 85.5 cm³/mol. The first-order valence-corrected chi connectivity index (χ1v) is 7.11. The zero-order valence-electron chi connectivity index (χ0n) is 11.1. The molecule has 0 aromatic carbocycles. The largest absolute Gasteiger partial charge is 0.310 e. The van der Waals surface area contributed by atoms with E-state index in [2.05, 4.69) is 36.2 Å². The third-order valence-corrected chi connectivity index (χ3v) is 4.38. The molecule has 2 nitrogen and oxygen atoms in total. The molecule has 2 heterocycles. The number of hydrogen-bond donors (Lipinski definition) is 1. The van der Waals surface area contributed by atoms with Crippen molar-refractivity contribution in [1.29, 1.82) is 0 Å². The van der Waals surface area contributed by atoms with Gasteiger partial charge in [-0.1, -0.05) is 6.92 Å². The molecule has 106 valence electrons. The Morgan fingerprint density at radius 3 is 2.78 bits per heavy atom. The molecule has 1 aliphatic heterocycles. The highest BCUT2D eigenvalue weighted by molar-refractivity contribution is 7.11. The number of likely N-dealkylation sites (tertiary alicyclic amines) is 1. The fourth-order valence-corrected chi connectivity index (χ4v) is 3.34. The summed E-state index contributed by atoms with van der Waals surface area (Å²) in [4.78, 5) is 5.46. The minimum absolute atomic E-state index is 0. The molecule has 2 rings (SSSR count). The van der Waals surface area contributed by atoms with Crippen LogP contribution in [0.25, 0.3) is 0 Å². The highest BCUT2D eigenvalue weighted by atomic mass is 35.5. The molecule has 5 heteroatoms. The van der Waals surface area contributed by atoms with E-state index in [4.69, 9.17) is 0 Å². The molecule has 0 spiro atoms. The van der Waals surface area contributed by atoms with Crippen molar-refractivity contribution in [2.24, 2.45) is 0 Å². The lowest BCUT2D eigenvalue weighted by atomic mass is 10.2. The number of rotatable bonds is 5. The van der Waals surface area contributed by atoms with Crippen LogP contribution >= 0.6 is 36.2 Å². The van der Waals surface area contributed by atoms with Gasteiger partial charge < -0.3 is 5.32 Å². The Hall–Kier alpha value is 0.200. The molecule has 0 amide bonds. The summed E-state index contributed by atoms with van der Waals surface area (Å²) in [6.45, 7) is 9.10. The maximum absolute atomic E-state index is 3.59. The van der Waals surface area contributed by atoms with E-state index in [0.717, 1.165) is 19.1 Å². The van der Waals surface area contributed by atoms with Crippen LogP contribution in [0.1, 0.15) is 29.5 Å². The normalized spacial score (nSPS) is 19.3. The quantitative estimate of drug-likeness (QED) is 0.896. The highest BCUT2D eigenvalue weighted by Crippen LogP contribution is 2.17. The van der Waals surface area contributed by atoms with Crippen molar-refractivity contribution in [2.45, 2.75) is 39.3 Å². The van der Waals surface area contributed by atoms with Crippen LogP contribution in [-0.2, 0) is 6.54 Å². The second-order valence-electron chi connectivity index (χ2n) is 4.57. The van der Waals surface area contributed by atoms with Gasteiger partial charge in [0.2, 0.25) is 0 Å². The van der Waals surface area contributed by atoms with Crippen molar-refractivity contribution in [1.82, 2.24) is 10.2 Å². The molecule has 1 saturated heterocycles. The number of likely N-dealkylation sites (N-methyl/N-ethyl adjacent to an activating group) is 1. The van der Waals surface area contributed by atoms with Crippen LogP contribution < -0.4 is 5.32 Å². The van der Waals surface area contributed by atoms with E-state index in [0.29, 0.717) is 0 Å². The van der Waals surface area contributed by atoms with Gasteiger partial charge in [-0.05, 0) is 45.0 Å². The Kier molecular flexibility index (Phi) is 9.26. The van der Waals surface area contributed by atoms with Crippen LogP contribution in [0.4, 0.5) is 0 Å². The molecule has 1 unspecified atom stereocenters. The van der Waals surface area contributed by atoms with E-state index >= 15 is 0 Å². The number of hydrogen-bond acceptors (Lipinski definition) is 3. The predicted octanol–water partition coefficient (Wildman–Crippen LogP) is 3.47. The third kappa shape index (κ3) is 5.06. The highest BCUT2D eigenvalue weighted by Gasteiger charge is 2.21. The third-order valence-electron chi connectivity index (χ3n) is 3.38. The Morgan fingerprint density at radius 1 is 1.39 bits per heavy atom. The molecular formula is C13H24Cl2N2S. The lowest BCUT2D eigenvalue weighted by molar-refractivity contribution is 0.260. The summed E-state index contributed by atoms with van der Waals surface area (Å²) in [7, 11) is 0. The number of nitrogens with zero attached hydrogens (tertiary/aromatic N) is 1. The smallest absolute Gasteiger partial charge is 0.0300 e. The van der Waals surface area contributed by atoms with Gasteiger partial charge in [-0.3, -0.25) is 4.90 Å².